The smallest absolute Gasteiger partial charge is 0.270 e. The monoisotopic (exact) mass is 321 g/mol. The average molecular weight is 321 g/mol. The molecular formula is C8H4INO3S. The predicted molar refractivity (Wildman–Crippen MR) is 63.3 cm³/mol. The van der Waals surface area contributed by atoms with Gasteiger partial charge in [0, 0.05) is 33.3 Å². The number of hydrogen-bond acceptors (Lipinski definition) is 4. The summed E-state index contributed by atoms with van der Waals surface area (Å²) in [7, 11) is 1.25. The van der Waals surface area contributed by atoms with Crippen LogP contribution in [0, 0.1) is 21.3 Å². The molecule has 4 nitrogen and oxygen atoms in total. The lowest BCUT2D eigenvalue weighted by atomic mass is 10.2. The third-order valence-electron chi connectivity index (χ3n) is 1.42. The number of non-ortho nitro benzene ring substituents is 1. The molecule has 0 spiro atoms. The first-order valence-corrected chi connectivity index (χ1v) is 6.77. The molecule has 1 N–H and O–H groups in total. The van der Waals surface area contributed by atoms with Crippen LogP contribution in [0.25, 0.3) is 0 Å². The van der Waals surface area contributed by atoms with Crippen molar-refractivity contribution >= 4 is 35.8 Å². The van der Waals surface area contributed by atoms with Crippen LogP contribution in [0.5, 0.6) is 5.75 Å². The van der Waals surface area contributed by atoms with E-state index in [4.69, 9.17) is 0 Å². The van der Waals surface area contributed by atoms with Gasteiger partial charge in [0.2, 0.25) is 0 Å². The molecule has 0 aliphatic carbocycles. The van der Waals surface area contributed by atoms with Crippen molar-refractivity contribution in [1.29, 1.82) is 0 Å². The van der Waals surface area contributed by atoms with Crippen LogP contribution in [0.3, 0.4) is 0 Å². The molecule has 0 unspecified atom stereocenters. The highest BCUT2D eigenvalue weighted by Crippen LogP contribution is 2.22. The van der Waals surface area contributed by atoms with Crippen LogP contribution in [0.2, 0.25) is 0 Å². The zero-order chi connectivity index (χ0) is 10.6. The number of nitro benzene ring substituents is 1. The molecule has 1 aromatic carbocycles. The Balaban J connectivity index is 3.14. The largest absolute Gasteiger partial charge is 0.507 e. The first-order valence-electron chi connectivity index (χ1n) is 3.41. The van der Waals surface area contributed by atoms with E-state index in [0.29, 0.717) is 0 Å². The quantitative estimate of drug-likeness (QED) is 0.374. The van der Waals surface area contributed by atoms with Gasteiger partial charge in [0.15, 0.2) is 0 Å². The summed E-state index contributed by atoms with van der Waals surface area (Å²) in [5.74, 6) is 2.56. The van der Waals surface area contributed by atoms with Crippen LogP contribution in [0.15, 0.2) is 18.2 Å². The normalized spacial score (nSPS) is 8.93. The van der Waals surface area contributed by atoms with Crippen molar-refractivity contribution in [2.75, 3.05) is 0 Å². The van der Waals surface area contributed by atoms with E-state index in [-0.39, 0.29) is 17.0 Å². The van der Waals surface area contributed by atoms with Gasteiger partial charge in [-0.25, -0.2) is 0 Å². The topological polar surface area (TPSA) is 63.4 Å². The molecule has 0 heterocycles. The van der Waals surface area contributed by atoms with Crippen molar-refractivity contribution in [3.8, 4) is 16.9 Å². The van der Waals surface area contributed by atoms with E-state index in [9.17, 15) is 15.2 Å². The summed E-state index contributed by atoms with van der Waals surface area (Å²) >= 11 is 1.98. The molecule has 0 aromatic heterocycles. The van der Waals surface area contributed by atoms with Gasteiger partial charge in [-0.3, -0.25) is 10.1 Å². The Kier molecular flexibility index (Phi) is 4.03. The molecule has 6 heteroatoms. The van der Waals surface area contributed by atoms with Gasteiger partial charge in [0.25, 0.3) is 5.69 Å². The summed E-state index contributed by atoms with van der Waals surface area (Å²) < 4.78 is 0. The van der Waals surface area contributed by atoms with Gasteiger partial charge in [-0.05, 0) is 20.3 Å². The van der Waals surface area contributed by atoms with Crippen molar-refractivity contribution < 1.29 is 10.0 Å². The van der Waals surface area contributed by atoms with Gasteiger partial charge in [0.05, 0.1) is 10.5 Å². The number of rotatable bonds is 1. The van der Waals surface area contributed by atoms with Crippen LogP contribution in [-0.4, -0.2) is 10.0 Å². The molecule has 0 radical (unpaired) electrons. The third-order valence-corrected chi connectivity index (χ3v) is 2.26. The van der Waals surface area contributed by atoms with Crippen LogP contribution in [0.4, 0.5) is 5.69 Å². The standard InChI is InChI=1S/C8H4INO3S/c9-14-4-3-6-5-7(10(12)13)1-2-8(6)11/h1-2,5,11H. The minimum atomic E-state index is -0.526. The number of aromatic hydroxyl groups is 1. The zero-order valence-electron chi connectivity index (χ0n) is 6.73. The van der Waals surface area contributed by atoms with Crippen LogP contribution < -0.4 is 0 Å². The lowest BCUT2D eigenvalue weighted by molar-refractivity contribution is -0.384. The van der Waals surface area contributed by atoms with E-state index in [1.807, 2.05) is 21.2 Å². The van der Waals surface area contributed by atoms with Crippen LogP contribution in [-0.2, 0) is 0 Å². The number of nitrogens with zero attached hydrogens (tertiary/aromatic N) is 1. The number of nitro groups is 1. The fourth-order valence-electron chi connectivity index (χ4n) is 0.812. The Morgan fingerprint density at radius 1 is 1.57 bits per heavy atom. The molecule has 72 valence electrons. The first-order chi connectivity index (χ1) is 6.65. The number of hydrogen-bond donors (Lipinski definition) is 1. The molecule has 0 amide bonds. The number of phenolic OH excluding ortho intramolecular Hbond substituents is 1. The highest BCUT2D eigenvalue weighted by molar-refractivity contribution is 14.2. The first kappa shape index (κ1) is 11.1. The maximum absolute atomic E-state index is 10.4. The molecular weight excluding hydrogens is 317 g/mol. The fourth-order valence-corrected chi connectivity index (χ4v) is 1.29. The van der Waals surface area contributed by atoms with E-state index < -0.39 is 4.92 Å². The molecule has 14 heavy (non-hydrogen) atoms. The van der Waals surface area contributed by atoms with E-state index in [2.05, 4.69) is 11.2 Å². The molecule has 0 saturated carbocycles. The molecule has 0 atom stereocenters. The van der Waals surface area contributed by atoms with E-state index in [0.717, 1.165) is 0 Å². The summed E-state index contributed by atoms with van der Waals surface area (Å²) in [6, 6.07) is 3.74. The number of phenols is 1. The summed E-state index contributed by atoms with van der Waals surface area (Å²) in [5, 5.41) is 22.4. The summed E-state index contributed by atoms with van der Waals surface area (Å²) in [6.07, 6.45) is 0. The second-order valence-corrected chi connectivity index (χ2v) is 3.94. The molecule has 0 aliphatic heterocycles. The van der Waals surface area contributed by atoms with Crippen molar-refractivity contribution in [3.05, 3.63) is 33.9 Å². The van der Waals surface area contributed by atoms with Gasteiger partial charge in [-0.2, -0.15) is 0 Å². The van der Waals surface area contributed by atoms with Crippen molar-refractivity contribution in [3.63, 3.8) is 0 Å². The lowest BCUT2D eigenvalue weighted by Crippen LogP contribution is -1.88. The third kappa shape index (κ3) is 2.78. The lowest BCUT2D eigenvalue weighted by Gasteiger charge is -1.95. The zero-order valence-corrected chi connectivity index (χ0v) is 9.70. The minimum absolute atomic E-state index is 0.0476. The Hall–Kier alpha value is -0.940. The summed E-state index contributed by atoms with van der Waals surface area (Å²) in [6.45, 7) is 0. The molecule has 0 bridgehead atoms. The second kappa shape index (κ2) is 5.07. The van der Waals surface area contributed by atoms with Gasteiger partial charge >= 0.3 is 0 Å². The van der Waals surface area contributed by atoms with Crippen molar-refractivity contribution in [1.82, 2.24) is 0 Å². The fraction of sp³-hybridized carbons (Fsp3) is 0. The highest BCUT2D eigenvalue weighted by Gasteiger charge is 2.08. The van der Waals surface area contributed by atoms with Gasteiger partial charge in [-0.1, -0.05) is 5.92 Å². The van der Waals surface area contributed by atoms with Gasteiger partial charge < -0.3 is 5.11 Å². The Bertz CT molecular complexity index is 424. The average Bonchev–Trinajstić information content (AvgIpc) is 2.16. The Labute approximate surface area is 96.4 Å². The Morgan fingerprint density at radius 2 is 2.29 bits per heavy atom. The second-order valence-electron chi connectivity index (χ2n) is 2.26. The predicted octanol–water partition coefficient (Wildman–Crippen LogP) is 2.69. The maximum Gasteiger partial charge on any atom is 0.270 e. The van der Waals surface area contributed by atoms with Crippen molar-refractivity contribution in [2.24, 2.45) is 0 Å². The molecule has 0 aliphatic rings. The van der Waals surface area contributed by atoms with E-state index in [1.54, 1.807) is 0 Å². The number of benzene rings is 1. The SMILES string of the molecule is O=[N+]([O-])c1ccc(O)c(C#CSI)c1. The van der Waals surface area contributed by atoms with Gasteiger partial charge in [0.1, 0.15) is 5.75 Å². The maximum atomic E-state index is 10.4. The Morgan fingerprint density at radius 3 is 2.86 bits per heavy atom. The molecule has 1 aromatic rings. The van der Waals surface area contributed by atoms with E-state index in [1.165, 1.54) is 27.1 Å². The van der Waals surface area contributed by atoms with Crippen LogP contribution in [0.1, 0.15) is 5.56 Å². The minimum Gasteiger partial charge on any atom is -0.507 e. The molecule has 1 rings (SSSR count). The molecule has 0 fully saturated rings. The van der Waals surface area contributed by atoms with Crippen molar-refractivity contribution in [2.45, 2.75) is 0 Å². The van der Waals surface area contributed by atoms with Crippen LogP contribution >= 0.6 is 30.1 Å². The molecule has 0 saturated heterocycles. The van der Waals surface area contributed by atoms with Gasteiger partial charge in [-0.15, -0.1) is 0 Å². The summed E-state index contributed by atoms with van der Waals surface area (Å²) in [4.78, 5) is 9.88. The highest BCUT2D eigenvalue weighted by atomic mass is 127. The van der Waals surface area contributed by atoms with E-state index >= 15 is 0 Å². The summed E-state index contributed by atoms with van der Waals surface area (Å²) in [5.41, 5.74) is 0.189. The number of halogens is 1.